The molecule has 1 atom stereocenters. The summed E-state index contributed by atoms with van der Waals surface area (Å²) in [5.74, 6) is 0. The molecular formula is C5H11N2+. The molecule has 0 saturated carbocycles. The molecule has 0 fully saturated rings. The van der Waals surface area contributed by atoms with Crippen LogP contribution in [-0.2, 0) is 0 Å². The van der Waals surface area contributed by atoms with Gasteiger partial charge in [-0.2, -0.15) is 0 Å². The molecule has 0 aliphatic carbocycles. The van der Waals surface area contributed by atoms with E-state index in [1.807, 2.05) is 5.43 Å². The first kappa shape index (κ1) is 4.78. The van der Waals surface area contributed by atoms with Crippen LogP contribution >= 0.6 is 0 Å². The maximum atomic E-state index is 4.11. The standard InChI is InChI=1S/C5H10N2/c1-4-3-5(2)7-6-4/h4,6H,3H2,1-2H3/p+1. The fourth-order valence-corrected chi connectivity index (χ4v) is 0.826. The quantitative estimate of drug-likeness (QED) is 0.405. The van der Waals surface area contributed by atoms with Gasteiger partial charge in [-0.3, -0.25) is 0 Å². The lowest BCUT2D eigenvalue weighted by molar-refractivity contribution is -0.683. The molecule has 1 aliphatic rings. The average Bonchev–Trinajstić information content (AvgIpc) is 1.87. The average molecular weight is 99.2 g/mol. The summed E-state index contributed by atoms with van der Waals surface area (Å²) in [5, 5.41) is 4.11. The zero-order valence-electron chi connectivity index (χ0n) is 4.81. The van der Waals surface area contributed by atoms with E-state index < -0.39 is 0 Å². The molecule has 2 nitrogen and oxygen atoms in total. The summed E-state index contributed by atoms with van der Waals surface area (Å²) in [6.45, 7) is 4.25. The lowest BCUT2D eigenvalue weighted by atomic mass is 10.2. The second-order valence-corrected chi connectivity index (χ2v) is 2.19. The van der Waals surface area contributed by atoms with Gasteiger partial charge in [0.1, 0.15) is 6.04 Å². The first-order valence-electron chi connectivity index (χ1n) is 2.65. The number of hydrogen-bond donors (Lipinski definition) is 1. The van der Waals surface area contributed by atoms with Gasteiger partial charge in [0.05, 0.1) is 5.71 Å². The van der Waals surface area contributed by atoms with Crippen molar-refractivity contribution in [2.24, 2.45) is 5.10 Å². The van der Waals surface area contributed by atoms with E-state index in [0.29, 0.717) is 6.04 Å². The Hall–Kier alpha value is -0.370. The van der Waals surface area contributed by atoms with E-state index in [-0.39, 0.29) is 0 Å². The van der Waals surface area contributed by atoms with Crippen molar-refractivity contribution in [3.8, 4) is 0 Å². The third-order valence-electron chi connectivity index (χ3n) is 1.17. The van der Waals surface area contributed by atoms with Crippen LogP contribution in [0.3, 0.4) is 0 Å². The van der Waals surface area contributed by atoms with Crippen LogP contribution in [0.5, 0.6) is 0 Å². The van der Waals surface area contributed by atoms with Crippen molar-refractivity contribution >= 4 is 5.71 Å². The molecule has 7 heavy (non-hydrogen) atoms. The van der Waals surface area contributed by atoms with Gasteiger partial charge < -0.3 is 0 Å². The minimum absolute atomic E-state index is 0.694. The zero-order chi connectivity index (χ0) is 5.28. The van der Waals surface area contributed by atoms with E-state index in [2.05, 4.69) is 18.9 Å². The van der Waals surface area contributed by atoms with Crippen LogP contribution in [0.2, 0.25) is 0 Å². The highest BCUT2D eigenvalue weighted by Crippen LogP contribution is 1.91. The minimum Gasteiger partial charge on any atom is -0.218 e. The Morgan fingerprint density at radius 2 is 2.57 bits per heavy atom. The SMILES string of the molecule is CC1=N[NH2+]C(C)C1. The predicted molar refractivity (Wildman–Crippen MR) is 29.1 cm³/mol. The monoisotopic (exact) mass is 99.1 g/mol. The molecule has 1 unspecified atom stereocenters. The third-order valence-corrected chi connectivity index (χ3v) is 1.17. The second kappa shape index (κ2) is 1.62. The van der Waals surface area contributed by atoms with E-state index in [4.69, 9.17) is 0 Å². The van der Waals surface area contributed by atoms with Gasteiger partial charge in [0, 0.05) is 6.42 Å². The molecule has 0 amide bonds. The van der Waals surface area contributed by atoms with E-state index in [0.717, 1.165) is 0 Å². The molecule has 1 aliphatic heterocycles. The topological polar surface area (TPSA) is 29.0 Å². The third kappa shape index (κ3) is 0.996. The van der Waals surface area contributed by atoms with Gasteiger partial charge >= 0.3 is 0 Å². The van der Waals surface area contributed by atoms with E-state index >= 15 is 0 Å². The summed E-state index contributed by atoms with van der Waals surface area (Å²) >= 11 is 0. The maximum Gasteiger partial charge on any atom is 0.112 e. The predicted octanol–water partition coefficient (Wildman–Crippen LogP) is -0.282. The van der Waals surface area contributed by atoms with Crippen molar-refractivity contribution in [2.45, 2.75) is 26.3 Å². The summed E-state index contributed by atoms with van der Waals surface area (Å²) in [7, 11) is 0. The molecule has 0 aromatic heterocycles. The van der Waals surface area contributed by atoms with Crippen LogP contribution in [0, 0.1) is 0 Å². The van der Waals surface area contributed by atoms with Crippen LogP contribution in [0.15, 0.2) is 5.10 Å². The first-order valence-corrected chi connectivity index (χ1v) is 2.65. The van der Waals surface area contributed by atoms with E-state index in [9.17, 15) is 0 Å². The van der Waals surface area contributed by atoms with Crippen LogP contribution < -0.4 is 5.43 Å². The van der Waals surface area contributed by atoms with Gasteiger partial charge in [0.2, 0.25) is 0 Å². The fourth-order valence-electron chi connectivity index (χ4n) is 0.826. The van der Waals surface area contributed by atoms with Crippen LogP contribution in [0.1, 0.15) is 20.3 Å². The molecule has 2 N–H and O–H groups in total. The molecule has 0 aromatic rings. The Morgan fingerprint density at radius 3 is 2.71 bits per heavy atom. The minimum atomic E-state index is 0.694. The smallest absolute Gasteiger partial charge is 0.112 e. The number of rotatable bonds is 0. The molecule has 1 rings (SSSR count). The van der Waals surface area contributed by atoms with Crippen molar-refractivity contribution in [3.63, 3.8) is 0 Å². The van der Waals surface area contributed by atoms with Crippen LogP contribution in [0.4, 0.5) is 0 Å². The Balaban J connectivity index is 2.42. The van der Waals surface area contributed by atoms with E-state index in [1.165, 1.54) is 12.1 Å². The normalized spacial score (nSPS) is 30.6. The first-order chi connectivity index (χ1) is 3.29. The van der Waals surface area contributed by atoms with Crippen molar-refractivity contribution in [2.75, 3.05) is 0 Å². The Morgan fingerprint density at radius 1 is 1.86 bits per heavy atom. The molecule has 0 aromatic carbocycles. The summed E-state index contributed by atoms with van der Waals surface area (Å²) in [6, 6.07) is 0.694. The number of nitrogens with two attached hydrogens (primary N) is 1. The summed E-state index contributed by atoms with van der Waals surface area (Å²) in [5.41, 5.74) is 3.28. The Kier molecular flexibility index (Phi) is 1.11. The molecule has 40 valence electrons. The van der Waals surface area contributed by atoms with Gasteiger partial charge in [-0.1, -0.05) is 5.10 Å². The van der Waals surface area contributed by atoms with Gasteiger partial charge in [0.25, 0.3) is 0 Å². The molecule has 2 heteroatoms. The lowest BCUT2D eigenvalue weighted by Crippen LogP contribution is -2.81. The highest BCUT2D eigenvalue weighted by atomic mass is 15.3. The lowest BCUT2D eigenvalue weighted by Gasteiger charge is -1.89. The second-order valence-electron chi connectivity index (χ2n) is 2.19. The molecule has 0 radical (unpaired) electrons. The zero-order valence-corrected chi connectivity index (χ0v) is 4.81. The number of quaternary nitrogens is 1. The number of hydrogen-bond acceptors (Lipinski definition) is 1. The van der Waals surface area contributed by atoms with Crippen LogP contribution in [0.25, 0.3) is 0 Å². The van der Waals surface area contributed by atoms with Gasteiger partial charge in [-0.05, 0) is 13.8 Å². The summed E-state index contributed by atoms with van der Waals surface area (Å²) in [6.07, 6.45) is 1.17. The van der Waals surface area contributed by atoms with Crippen LogP contribution in [-0.4, -0.2) is 11.8 Å². The van der Waals surface area contributed by atoms with Gasteiger partial charge in [0.15, 0.2) is 0 Å². The van der Waals surface area contributed by atoms with Crippen molar-refractivity contribution in [1.82, 2.24) is 0 Å². The molecular weight excluding hydrogens is 88.1 g/mol. The number of nitrogens with zero attached hydrogens (tertiary/aromatic N) is 1. The molecule has 0 spiro atoms. The maximum absolute atomic E-state index is 4.11. The van der Waals surface area contributed by atoms with Gasteiger partial charge in [-0.25, -0.2) is 5.43 Å². The highest BCUT2D eigenvalue weighted by Gasteiger charge is 2.12. The summed E-state index contributed by atoms with van der Waals surface area (Å²) < 4.78 is 0. The summed E-state index contributed by atoms with van der Waals surface area (Å²) in [4.78, 5) is 0. The Labute approximate surface area is 43.6 Å². The molecule has 0 bridgehead atoms. The van der Waals surface area contributed by atoms with Crippen molar-refractivity contribution in [1.29, 1.82) is 0 Å². The molecule has 0 saturated heterocycles. The molecule has 1 heterocycles. The van der Waals surface area contributed by atoms with E-state index in [1.54, 1.807) is 0 Å². The fraction of sp³-hybridized carbons (Fsp3) is 0.800. The largest absolute Gasteiger partial charge is 0.218 e. The highest BCUT2D eigenvalue weighted by molar-refractivity contribution is 5.82. The van der Waals surface area contributed by atoms with Crippen molar-refractivity contribution in [3.05, 3.63) is 0 Å². The van der Waals surface area contributed by atoms with Crippen molar-refractivity contribution < 1.29 is 5.43 Å². The Bertz CT molecular complexity index is 96.3. The van der Waals surface area contributed by atoms with Gasteiger partial charge in [-0.15, -0.1) is 0 Å².